The van der Waals surface area contributed by atoms with E-state index >= 15 is 0 Å². The number of rotatable bonds is 6. The first-order valence-corrected chi connectivity index (χ1v) is 8.48. The summed E-state index contributed by atoms with van der Waals surface area (Å²) in [6.45, 7) is 3.31. The lowest BCUT2D eigenvalue weighted by atomic mass is 10.1. The van der Waals surface area contributed by atoms with Crippen LogP contribution in [-0.2, 0) is 9.59 Å². The van der Waals surface area contributed by atoms with Gasteiger partial charge in [0, 0.05) is 17.5 Å². The molecule has 24 heavy (non-hydrogen) atoms. The second-order valence-electron chi connectivity index (χ2n) is 5.33. The molecule has 1 atom stereocenters. The summed E-state index contributed by atoms with van der Waals surface area (Å²) in [4.78, 5) is 23.9. The van der Waals surface area contributed by atoms with Crippen molar-refractivity contribution in [3.8, 4) is 0 Å². The summed E-state index contributed by atoms with van der Waals surface area (Å²) in [5.41, 5.74) is 1.58. The minimum Gasteiger partial charge on any atom is -0.349 e. The van der Waals surface area contributed by atoms with Gasteiger partial charge in [0.1, 0.15) is 5.82 Å². The van der Waals surface area contributed by atoms with Crippen LogP contribution in [0.2, 0.25) is 0 Å². The minimum absolute atomic E-state index is 0.0947. The maximum Gasteiger partial charge on any atom is 0.230 e. The molecule has 0 saturated carbocycles. The predicted octanol–water partition coefficient (Wildman–Crippen LogP) is 3.75. The number of benzene rings is 2. The molecule has 126 valence electrons. The fourth-order valence-electron chi connectivity index (χ4n) is 2.10. The lowest BCUT2D eigenvalue weighted by Gasteiger charge is -2.14. The monoisotopic (exact) mass is 346 g/mol. The normalized spacial score (nSPS) is 11.6. The van der Waals surface area contributed by atoms with Gasteiger partial charge in [0.15, 0.2) is 0 Å². The van der Waals surface area contributed by atoms with Crippen molar-refractivity contribution in [2.75, 3.05) is 11.1 Å². The van der Waals surface area contributed by atoms with Gasteiger partial charge in [0.2, 0.25) is 11.8 Å². The van der Waals surface area contributed by atoms with E-state index in [1.165, 1.54) is 30.8 Å². The van der Waals surface area contributed by atoms with Crippen LogP contribution in [0.5, 0.6) is 0 Å². The summed E-state index contributed by atoms with van der Waals surface area (Å²) in [6.07, 6.45) is 0. The molecule has 2 N–H and O–H groups in total. The molecular weight excluding hydrogens is 327 g/mol. The van der Waals surface area contributed by atoms with Gasteiger partial charge in [-0.25, -0.2) is 4.39 Å². The van der Waals surface area contributed by atoms with Gasteiger partial charge >= 0.3 is 0 Å². The van der Waals surface area contributed by atoms with E-state index in [0.29, 0.717) is 0 Å². The van der Waals surface area contributed by atoms with E-state index in [9.17, 15) is 14.0 Å². The molecule has 2 aromatic rings. The Bertz CT molecular complexity index is 702. The van der Waals surface area contributed by atoms with Gasteiger partial charge in [-0.1, -0.05) is 12.1 Å². The Labute approximate surface area is 144 Å². The van der Waals surface area contributed by atoms with Crippen LogP contribution < -0.4 is 10.6 Å². The fourth-order valence-corrected chi connectivity index (χ4v) is 2.81. The van der Waals surface area contributed by atoms with Gasteiger partial charge in [-0.2, -0.15) is 0 Å². The van der Waals surface area contributed by atoms with Crippen molar-refractivity contribution in [1.82, 2.24) is 5.32 Å². The SMILES string of the molecule is CC(=O)Nc1ccc(SCC(=O)NC(C)c2ccc(F)cc2)cc1. The first-order valence-electron chi connectivity index (χ1n) is 7.49. The molecule has 2 rings (SSSR count). The van der Waals surface area contributed by atoms with Gasteiger partial charge in [0.25, 0.3) is 0 Å². The van der Waals surface area contributed by atoms with Crippen molar-refractivity contribution in [3.05, 3.63) is 59.9 Å². The molecule has 0 radical (unpaired) electrons. The number of halogens is 1. The fraction of sp³-hybridized carbons (Fsp3) is 0.222. The summed E-state index contributed by atoms with van der Waals surface area (Å²) < 4.78 is 12.9. The molecule has 2 amide bonds. The molecule has 0 bridgehead atoms. The highest BCUT2D eigenvalue weighted by Crippen LogP contribution is 2.21. The van der Waals surface area contributed by atoms with Crippen molar-refractivity contribution < 1.29 is 14.0 Å². The van der Waals surface area contributed by atoms with Gasteiger partial charge in [-0.15, -0.1) is 11.8 Å². The summed E-state index contributed by atoms with van der Waals surface area (Å²) in [5.74, 6) is -0.228. The van der Waals surface area contributed by atoms with Crippen LogP contribution in [0.4, 0.5) is 10.1 Å². The number of hydrogen-bond acceptors (Lipinski definition) is 3. The summed E-state index contributed by atoms with van der Waals surface area (Å²) >= 11 is 1.41. The molecule has 0 aromatic heterocycles. The highest BCUT2D eigenvalue weighted by Gasteiger charge is 2.10. The van der Waals surface area contributed by atoms with E-state index in [1.807, 2.05) is 19.1 Å². The molecule has 2 aromatic carbocycles. The molecule has 4 nitrogen and oxygen atoms in total. The second-order valence-corrected chi connectivity index (χ2v) is 6.38. The number of hydrogen-bond donors (Lipinski definition) is 2. The molecule has 0 aliphatic rings. The number of carbonyl (C=O) groups excluding carboxylic acids is 2. The summed E-state index contributed by atoms with van der Waals surface area (Å²) in [7, 11) is 0. The Kier molecular flexibility index (Phi) is 6.37. The maximum absolute atomic E-state index is 12.9. The van der Waals surface area contributed by atoms with E-state index in [-0.39, 0.29) is 29.4 Å². The van der Waals surface area contributed by atoms with Gasteiger partial charge in [-0.3, -0.25) is 9.59 Å². The third kappa shape index (κ3) is 5.70. The largest absolute Gasteiger partial charge is 0.349 e. The van der Waals surface area contributed by atoms with Crippen LogP contribution in [0.25, 0.3) is 0 Å². The van der Waals surface area contributed by atoms with Gasteiger partial charge in [-0.05, 0) is 48.9 Å². The highest BCUT2D eigenvalue weighted by atomic mass is 32.2. The van der Waals surface area contributed by atoms with Crippen LogP contribution in [-0.4, -0.2) is 17.6 Å². The van der Waals surface area contributed by atoms with Crippen molar-refractivity contribution in [2.24, 2.45) is 0 Å². The van der Waals surface area contributed by atoms with E-state index < -0.39 is 0 Å². The number of amides is 2. The van der Waals surface area contributed by atoms with Crippen molar-refractivity contribution in [3.63, 3.8) is 0 Å². The van der Waals surface area contributed by atoms with Crippen LogP contribution in [0.1, 0.15) is 25.5 Å². The molecular formula is C18H19FN2O2S. The van der Waals surface area contributed by atoms with Crippen molar-refractivity contribution >= 4 is 29.3 Å². The smallest absolute Gasteiger partial charge is 0.230 e. The van der Waals surface area contributed by atoms with E-state index in [0.717, 1.165) is 16.1 Å². The lowest BCUT2D eigenvalue weighted by Crippen LogP contribution is -2.28. The van der Waals surface area contributed by atoms with Crippen molar-refractivity contribution in [1.29, 1.82) is 0 Å². The molecule has 0 saturated heterocycles. The Morgan fingerprint density at radius 2 is 1.71 bits per heavy atom. The predicted molar refractivity (Wildman–Crippen MR) is 94.4 cm³/mol. The quantitative estimate of drug-likeness (QED) is 0.783. The number of thioether (sulfide) groups is 1. The zero-order valence-electron chi connectivity index (χ0n) is 13.5. The molecule has 0 spiro atoms. The minimum atomic E-state index is -0.296. The van der Waals surface area contributed by atoms with Gasteiger partial charge < -0.3 is 10.6 Å². The average molecular weight is 346 g/mol. The number of nitrogens with one attached hydrogen (secondary N) is 2. The van der Waals surface area contributed by atoms with Crippen LogP contribution >= 0.6 is 11.8 Å². The summed E-state index contributed by atoms with van der Waals surface area (Å²) in [6, 6.07) is 13.2. The Morgan fingerprint density at radius 3 is 2.29 bits per heavy atom. The van der Waals surface area contributed by atoms with Crippen LogP contribution in [0.3, 0.4) is 0 Å². The molecule has 0 aliphatic carbocycles. The third-order valence-corrected chi connectivity index (χ3v) is 4.30. The van der Waals surface area contributed by atoms with Crippen LogP contribution in [0, 0.1) is 5.82 Å². The zero-order chi connectivity index (χ0) is 17.5. The Morgan fingerprint density at radius 1 is 1.08 bits per heavy atom. The van der Waals surface area contributed by atoms with Crippen LogP contribution in [0.15, 0.2) is 53.4 Å². The van der Waals surface area contributed by atoms with E-state index in [4.69, 9.17) is 0 Å². The zero-order valence-corrected chi connectivity index (χ0v) is 14.3. The molecule has 0 heterocycles. The Balaban J connectivity index is 1.82. The van der Waals surface area contributed by atoms with E-state index in [2.05, 4.69) is 10.6 Å². The second kappa shape index (κ2) is 8.49. The van der Waals surface area contributed by atoms with Crippen molar-refractivity contribution in [2.45, 2.75) is 24.8 Å². The Hall–Kier alpha value is -2.34. The standard InChI is InChI=1S/C18H19FN2O2S/c1-12(14-3-5-15(19)6-4-14)20-18(23)11-24-17-9-7-16(8-10-17)21-13(2)22/h3-10,12H,11H2,1-2H3,(H,20,23)(H,21,22). The molecule has 6 heteroatoms. The van der Waals surface area contributed by atoms with E-state index in [1.54, 1.807) is 24.3 Å². The van der Waals surface area contributed by atoms with Gasteiger partial charge in [0.05, 0.1) is 11.8 Å². The lowest BCUT2D eigenvalue weighted by molar-refractivity contribution is -0.119. The maximum atomic E-state index is 12.9. The number of anilines is 1. The topological polar surface area (TPSA) is 58.2 Å². The first-order chi connectivity index (χ1) is 11.4. The first kappa shape index (κ1) is 18.0. The molecule has 1 unspecified atom stereocenters. The molecule has 0 fully saturated rings. The number of carbonyl (C=O) groups is 2. The molecule has 0 aliphatic heterocycles. The third-order valence-electron chi connectivity index (χ3n) is 3.29. The highest BCUT2D eigenvalue weighted by molar-refractivity contribution is 8.00. The summed E-state index contributed by atoms with van der Waals surface area (Å²) in [5, 5.41) is 5.58. The average Bonchev–Trinajstić information content (AvgIpc) is 2.54.